The first-order valence-electron chi connectivity index (χ1n) is 14.0. The van der Waals surface area contributed by atoms with E-state index < -0.39 is 0 Å². The Morgan fingerprint density at radius 1 is 1.00 bits per heavy atom. The Bertz CT molecular complexity index is 1300. The van der Waals surface area contributed by atoms with Crippen molar-refractivity contribution in [3.63, 3.8) is 0 Å². The van der Waals surface area contributed by atoms with Gasteiger partial charge in [-0.25, -0.2) is 9.59 Å². The predicted octanol–water partition coefficient (Wildman–Crippen LogP) is 6.28. The van der Waals surface area contributed by atoms with Crippen molar-refractivity contribution in [3.8, 4) is 5.00 Å². The van der Waals surface area contributed by atoms with Crippen LogP contribution in [0.1, 0.15) is 82.3 Å². The van der Waals surface area contributed by atoms with Crippen molar-refractivity contribution >= 4 is 39.7 Å². The van der Waals surface area contributed by atoms with Crippen LogP contribution in [-0.4, -0.2) is 40.7 Å². The van der Waals surface area contributed by atoms with Crippen LogP contribution in [0.2, 0.25) is 0 Å². The summed E-state index contributed by atoms with van der Waals surface area (Å²) in [4.78, 5) is 31.6. The SMILES string of the molecule is CCN1CCc2c(sc(-n3cccc3)c2CNC(=O)Nc2sc3c(c2C(=O)OC2CCCC2)CCCC3)C1. The second-order valence-electron chi connectivity index (χ2n) is 10.5. The molecule has 2 amide bonds. The van der Waals surface area contributed by atoms with Crippen molar-refractivity contribution in [3.05, 3.63) is 56.5 Å². The lowest BCUT2D eigenvalue weighted by Crippen LogP contribution is -2.31. The average molecular weight is 553 g/mol. The van der Waals surface area contributed by atoms with E-state index in [1.165, 1.54) is 25.9 Å². The van der Waals surface area contributed by atoms with Gasteiger partial charge in [0.25, 0.3) is 0 Å². The third-order valence-electron chi connectivity index (χ3n) is 8.11. The molecule has 1 fully saturated rings. The van der Waals surface area contributed by atoms with Crippen LogP contribution in [0.4, 0.5) is 9.80 Å². The van der Waals surface area contributed by atoms with Crippen LogP contribution in [0.5, 0.6) is 0 Å². The molecule has 7 nitrogen and oxygen atoms in total. The van der Waals surface area contributed by atoms with Gasteiger partial charge in [0.15, 0.2) is 0 Å². The fourth-order valence-corrected chi connectivity index (χ4v) is 8.69. The summed E-state index contributed by atoms with van der Waals surface area (Å²) in [5.41, 5.74) is 4.24. The Hall–Kier alpha value is -2.62. The predicted molar refractivity (Wildman–Crippen MR) is 153 cm³/mol. The average Bonchev–Trinajstić information content (AvgIpc) is 3.73. The number of nitrogens with zero attached hydrogens (tertiary/aromatic N) is 2. The number of carbonyl (C=O) groups is 2. The molecule has 0 saturated heterocycles. The number of likely N-dealkylation sites (N-methyl/N-ethyl adjacent to an activating group) is 1. The van der Waals surface area contributed by atoms with Crippen molar-refractivity contribution in [2.75, 3.05) is 18.4 Å². The molecule has 1 aliphatic heterocycles. The van der Waals surface area contributed by atoms with Crippen LogP contribution >= 0.6 is 22.7 Å². The summed E-state index contributed by atoms with van der Waals surface area (Å²) in [5, 5.41) is 7.96. The number of carbonyl (C=O) groups excluding carboxylic acids is 2. The van der Waals surface area contributed by atoms with Gasteiger partial charge in [-0.1, -0.05) is 6.92 Å². The lowest BCUT2D eigenvalue weighted by Gasteiger charge is -2.25. The minimum Gasteiger partial charge on any atom is -0.459 e. The minimum absolute atomic E-state index is 0.00354. The number of hydrogen-bond donors (Lipinski definition) is 2. The number of ether oxygens (including phenoxy) is 1. The molecule has 2 aliphatic carbocycles. The number of amides is 2. The van der Waals surface area contributed by atoms with Crippen LogP contribution in [0.15, 0.2) is 24.5 Å². The van der Waals surface area contributed by atoms with Crippen molar-refractivity contribution in [1.82, 2.24) is 14.8 Å². The van der Waals surface area contributed by atoms with Gasteiger partial charge in [-0.15, -0.1) is 22.7 Å². The van der Waals surface area contributed by atoms with E-state index in [0.717, 1.165) is 83.0 Å². The maximum Gasteiger partial charge on any atom is 0.341 e. The number of rotatable bonds is 7. The number of aryl methyl sites for hydroxylation is 1. The van der Waals surface area contributed by atoms with E-state index in [2.05, 4.69) is 39.4 Å². The zero-order chi connectivity index (χ0) is 26.1. The summed E-state index contributed by atoms with van der Waals surface area (Å²) >= 11 is 3.37. The van der Waals surface area contributed by atoms with Crippen molar-refractivity contribution in [2.45, 2.75) is 83.9 Å². The van der Waals surface area contributed by atoms with Gasteiger partial charge in [-0.3, -0.25) is 10.2 Å². The highest BCUT2D eigenvalue weighted by Gasteiger charge is 2.30. The first kappa shape index (κ1) is 25.6. The summed E-state index contributed by atoms with van der Waals surface area (Å²) in [5.74, 6) is -0.270. The Morgan fingerprint density at radius 2 is 1.79 bits per heavy atom. The molecule has 3 aromatic heterocycles. The van der Waals surface area contributed by atoms with Gasteiger partial charge < -0.3 is 14.6 Å². The quantitative estimate of drug-likeness (QED) is 0.339. The molecule has 38 heavy (non-hydrogen) atoms. The monoisotopic (exact) mass is 552 g/mol. The van der Waals surface area contributed by atoms with Gasteiger partial charge in [0.05, 0.1) is 5.56 Å². The number of fused-ring (bicyclic) bond motifs is 2. The van der Waals surface area contributed by atoms with Gasteiger partial charge in [0.2, 0.25) is 0 Å². The number of nitrogens with one attached hydrogen (secondary N) is 2. The van der Waals surface area contributed by atoms with E-state index >= 15 is 0 Å². The molecular formula is C29H36N4O3S2. The maximum atomic E-state index is 13.3. The fourth-order valence-electron chi connectivity index (χ4n) is 6.04. The van der Waals surface area contributed by atoms with E-state index in [1.54, 1.807) is 11.3 Å². The molecule has 3 aliphatic rings. The van der Waals surface area contributed by atoms with E-state index in [9.17, 15) is 9.59 Å². The first-order chi connectivity index (χ1) is 18.6. The molecule has 0 atom stereocenters. The van der Waals surface area contributed by atoms with Gasteiger partial charge in [-0.05, 0) is 87.6 Å². The Morgan fingerprint density at radius 3 is 2.58 bits per heavy atom. The molecule has 0 spiro atoms. The van der Waals surface area contributed by atoms with Gasteiger partial charge >= 0.3 is 12.0 Å². The zero-order valence-corrected chi connectivity index (χ0v) is 23.6. The molecule has 0 radical (unpaired) electrons. The standard InChI is InChI=1S/C29H36N4O3S2/c1-2-32-16-13-20-22(27(38-24(20)18-32)33-14-7-8-15-33)17-30-29(35)31-26-25(21-11-5-6-12-23(21)37-26)28(34)36-19-9-3-4-10-19/h7-8,14-15,19H,2-6,9-13,16-18H2,1H3,(H2,30,31,35). The molecule has 0 unspecified atom stereocenters. The number of aromatic nitrogens is 1. The fraction of sp³-hybridized carbons (Fsp3) is 0.517. The molecular weight excluding hydrogens is 516 g/mol. The molecule has 6 rings (SSSR count). The van der Waals surface area contributed by atoms with Gasteiger partial charge in [0.1, 0.15) is 16.1 Å². The van der Waals surface area contributed by atoms with Crippen LogP contribution in [0.3, 0.4) is 0 Å². The van der Waals surface area contributed by atoms with Crippen molar-refractivity contribution in [1.29, 1.82) is 0 Å². The Labute approximate surface area is 232 Å². The lowest BCUT2D eigenvalue weighted by molar-refractivity contribution is 0.0318. The maximum absolute atomic E-state index is 13.3. The first-order valence-corrected chi connectivity index (χ1v) is 15.6. The largest absolute Gasteiger partial charge is 0.459 e. The van der Waals surface area contributed by atoms with Crippen molar-refractivity contribution in [2.24, 2.45) is 0 Å². The molecule has 3 aromatic rings. The lowest BCUT2D eigenvalue weighted by atomic mass is 9.95. The Balaban J connectivity index is 1.20. The number of esters is 1. The highest BCUT2D eigenvalue weighted by atomic mass is 32.1. The van der Waals surface area contributed by atoms with Crippen molar-refractivity contribution < 1.29 is 14.3 Å². The smallest absolute Gasteiger partial charge is 0.341 e. The number of anilines is 1. The van der Waals surface area contributed by atoms with E-state index in [4.69, 9.17) is 4.74 Å². The number of urea groups is 1. The second-order valence-corrected chi connectivity index (χ2v) is 12.7. The zero-order valence-electron chi connectivity index (χ0n) is 22.0. The normalized spacial score (nSPS) is 17.7. The molecule has 9 heteroatoms. The van der Waals surface area contributed by atoms with Crippen LogP contribution in [0.25, 0.3) is 5.00 Å². The minimum atomic E-state index is -0.275. The summed E-state index contributed by atoms with van der Waals surface area (Å²) in [6, 6.07) is 3.79. The van der Waals surface area contributed by atoms with Crippen LogP contribution in [0, 0.1) is 0 Å². The van der Waals surface area contributed by atoms with E-state index in [0.29, 0.717) is 17.1 Å². The van der Waals surface area contributed by atoms with Crippen LogP contribution < -0.4 is 10.6 Å². The van der Waals surface area contributed by atoms with Gasteiger partial charge in [-0.2, -0.15) is 0 Å². The molecule has 202 valence electrons. The number of thiophene rings is 2. The van der Waals surface area contributed by atoms with Crippen LogP contribution in [-0.2, 0) is 37.1 Å². The molecule has 4 heterocycles. The van der Waals surface area contributed by atoms with E-state index in [1.807, 2.05) is 23.5 Å². The Kier molecular flexibility index (Phi) is 7.59. The van der Waals surface area contributed by atoms with Gasteiger partial charge in [0, 0.05) is 47.3 Å². The van der Waals surface area contributed by atoms with E-state index in [-0.39, 0.29) is 18.1 Å². The third kappa shape index (κ3) is 5.16. The molecule has 0 aromatic carbocycles. The second kappa shape index (κ2) is 11.2. The highest BCUT2D eigenvalue weighted by molar-refractivity contribution is 7.17. The molecule has 2 N–H and O–H groups in total. The molecule has 1 saturated carbocycles. The number of hydrogen-bond acceptors (Lipinski definition) is 6. The topological polar surface area (TPSA) is 75.6 Å². The summed E-state index contributed by atoms with van der Waals surface area (Å²) < 4.78 is 8.04. The summed E-state index contributed by atoms with van der Waals surface area (Å²) in [7, 11) is 0. The molecule has 0 bridgehead atoms. The highest BCUT2D eigenvalue weighted by Crippen LogP contribution is 2.40. The summed E-state index contributed by atoms with van der Waals surface area (Å²) in [6.07, 6.45) is 13.3. The third-order valence-corrected chi connectivity index (χ3v) is 10.6. The summed E-state index contributed by atoms with van der Waals surface area (Å²) in [6.45, 7) is 5.70.